The first-order chi connectivity index (χ1) is 15.5. The Kier molecular flexibility index (Phi) is 6.42. The number of carbonyl (C=O) groups is 1. The van der Waals surface area contributed by atoms with Crippen molar-refractivity contribution in [1.29, 1.82) is 0 Å². The number of amides is 1. The van der Waals surface area contributed by atoms with Crippen LogP contribution in [-0.2, 0) is 4.79 Å². The number of hydrogen-bond donors (Lipinski definition) is 2. The molecule has 0 aliphatic carbocycles. The number of benzene rings is 3. The average Bonchev–Trinajstić information content (AvgIpc) is 3.22. The highest BCUT2D eigenvalue weighted by Crippen LogP contribution is 2.25. The van der Waals surface area contributed by atoms with E-state index in [4.69, 9.17) is 5.10 Å². The maximum Gasteiger partial charge on any atom is 0.239 e. The zero-order valence-electron chi connectivity index (χ0n) is 18.0. The Bertz CT molecular complexity index is 1200. The maximum atomic E-state index is 14.0. The van der Waals surface area contributed by atoms with Crippen molar-refractivity contribution in [2.24, 2.45) is 0 Å². The number of halogens is 1. The number of aromatic nitrogens is 2. The van der Waals surface area contributed by atoms with Crippen LogP contribution in [0.25, 0.3) is 16.9 Å². The van der Waals surface area contributed by atoms with Gasteiger partial charge in [0.15, 0.2) is 0 Å². The van der Waals surface area contributed by atoms with Crippen molar-refractivity contribution < 1.29 is 9.18 Å². The summed E-state index contributed by atoms with van der Waals surface area (Å²) in [6.07, 6.45) is 0. The van der Waals surface area contributed by atoms with Crippen LogP contribution in [0.15, 0.2) is 84.9 Å². The molecule has 0 spiro atoms. The Morgan fingerprint density at radius 1 is 1.00 bits per heavy atom. The number of carbonyl (C=O) groups excluding carboxylic acids is 1. The topological polar surface area (TPSA) is 59.0 Å². The Labute approximate surface area is 186 Å². The minimum Gasteiger partial charge on any atom is -0.309 e. The number of anilines is 1. The van der Waals surface area contributed by atoms with E-state index >= 15 is 0 Å². The molecular formula is C26H25FN4O. The average molecular weight is 429 g/mol. The Morgan fingerprint density at radius 2 is 1.69 bits per heavy atom. The molecule has 4 aromatic rings. The van der Waals surface area contributed by atoms with Gasteiger partial charge in [0, 0.05) is 23.2 Å². The first kappa shape index (κ1) is 21.5. The molecule has 1 heterocycles. The van der Waals surface area contributed by atoms with Gasteiger partial charge in [0.2, 0.25) is 5.91 Å². The third-order valence-electron chi connectivity index (χ3n) is 5.27. The summed E-state index contributed by atoms with van der Waals surface area (Å²) >= 11 is 0. The molecule has 1 atom stereocenters. The Hall–Kier alpha value is -3.77. The van der Waals surface area contributed by atoms with E-state index in [-0.39, 0.29) is 24.3 Å². The Morgan fingerprint density at radius 3 is 2.41 bits per heavy atom. The lowest BCUT2D eigenvalue weighted by Crippen LogP contribution is -2.31. The number of para-hydroxylation sites is 1. The summed E-state index contributed by atoms with van der Waals surface area (Å²) in [7, 11) is 0. The SMILES string of the molecule is Cc1ccc(-c2cc(NC(=O)CNC(C)c3ccccc3F)n(-c3ccccc3)n2)cc1. The molecule has 162 valence electrons. The van der Waals surface area contributed by atoms with Gasteiger partial charge < -0.3 is 10.6 Å². The van der Waals surface area contributed by atoms with Gasteiger partial charge in [-0.3, -0.25) is 4.79 Å². The molecule has 1 unspecified atom stereocenters. The Balaban J connectivity index is 1.53. The molecular weight excluding hydrogens is 403 g/mol. The van der Waals surface area contributed by atoms with Crippen LogP contribution in [-0.4, -0.2) is 22.2 Å². The highest BCUT2D eigenvalue weighted by atomic mass is 19.1. The van der Waals surface area contributed by atoms with E-state index in [0.29, 0.717) is 11.4 Å². The van der Waals surface area contributed by atoms with Crippen LogP contribution in [0.5, 0.6) is 0 Å². The van der Waals surface area contributed by atoms with Gasteiger partial charge in [-0.1, -0.05) is 66.2 Å². The van der Waals surface area contributed by atoms with Gasteiger partial charge >= 0.3 is 0 Å². The van der Waals surface area contributed by atoms with E-state index in [2.05, 4.69) is 10.6 Å². The molecule has 0 radical (unpaired) electrons. The van der Waals surface area contributed by atoms with Crippen molar-refractivity contribution in [2.45, 2.75) is 19.9 Å². The van der Waals surface area contributed by atoms with Crippen LogP contribution < -0.4 is 10.6 Å². The summed E-state index contributed by atoms with van der Waals surface area (Å²) in [6.45, 7) is 3.90. The van der Waals surface area contributed by atoms with Crippen LogP contribution in [0.3, 0.4) is 0 Å². The summed E-state index contributed by atoms with van der Waals surface area (Å²) in [5.74, 6) is 0.0376. The van der Waals surface area contributed by atoms with Crippen molar-refractivity contribution in [3.63, 3.8) is 0 Å². The predicted molar refractivity (Wildman–Crippen MR) is 125 cm³/mol. The van der Waals surface area contributed by atoms with Crippen LogP contribution in [0.2, 0.25) is 0 Å². The van der Waals surface area contributed by atoms with Gasteiger partial charge in [-0.25, -0.2) is 9.07 Å². The summed E-state index contributed by atoms with van der Waals surface area (Å²) in [6, 6.07) is 25.8. The van der Waals surface area contributed by atoms with Gasteiger partial charge in [-0.05, 0) is 32.0 Å². The van der Waals surface area contributed by atoms with E-state index in [9.17, 15) is 9.18 Å². The molecule has 0 fully saturated rings. The van der Waals surface area contributed by atoms with Gasteiger partial charge in [-0.15, -0.1) is 0 Å². The highest BCUT2D eigenvalue weighted by Gasteiger charge is 2.15. The quantitative estimate of drug-likeness (QED) is 0.421. The molecule has 2 N–H and O–H groups in total. The third kappa shape index (κ3) is 4.92. The zero-order chi connectivity index (χ0) is 22.5. The molecule has 3 aromatic carbocycles. The lowest BCUT2D eigenvalue weighted by Gasteiger charge is -2.15. The maximum absolute atomic E-state index is 14.0. The number of nitrogens with zero attached hydrogens (tertiary/aromatic N) is 2. The van der Waals surface area contributed by atoms with Crippen molar-refractivity contribution in [2.75, 3.05) is 11.9 Å². The van der Waals surface area contributed by atoms with Crippen molar-refractivity contribution >= 4 is 11.7 Å². The smallest absolute Gasteiger partial charge is 0.239 e. The van der Waals surface area contributed by atoms with Gasteiger partial charge in [-0.2, -0.15) is 5.10 Å². The number of rotatable bonds is 7. The second-order valence-electron chi connectivity index (χ2n) is 7.70. The predicted octanol–water partition coefficient (Wildman–Crippen LogP) is 5.28. The fraction of sp³-hybridized carbons (Fsp3) is 0.154. The standard InChI is InChI=1S/C26H25FN4O/c1-18-12-14-20(15-13-18)24-16-25(31(30-24)21-8-4-3-5-9-21)29-26(32)17-28-19(2)22-10-6-7-11-23(22)27/h3-16,19,28H,17H2,1-2H3,(H,29,32). The van der Waals surface area contributed by atoms with Crippen molar-refractivity contribution in [3.05, 3.63) is 102 Å². The molecule has 4 rings (SSSR count). The van der Waals surface area contributed by atoms with Gasteiger partial charge in [0.1, 0.15) is 11.6 Å². The normalized spacial score (nSPS) is 11.8. The second kappa shape index (κ2) is 9.58. The number of nitrogens with one attached hydrogen (secondary N) is 2. The lowest BCUT2D eigenvalue weighted by atomic mass is 10.1. The molecule has 0 saturated carbocycles. The summed E-state index contributed by atoms with van der Waals surface area (Å²) in [4.78, 5) is 12.7. The third-order valence-corrected chi connectivity index (χ3v) is 5.27. The van der Waals surface area contributed by atoms with Crippen molar-refractivity contribution in [1.82, 2.24) is 15.1 Å². The van der Waals surface area contributed by atoms with Crippen LogP contribution in [0.1, 0.15) is 24.1 Å². The summed E-state index contributed by atoms with van der Waals surface area (Å²) in [5.41, 5.74) is 4.26. The minimum atomic E-state index is -0.302. The number of hydrogen-bond acceptors (Lipinski definition) is 3. The van der Waals surface area contributed by atoms with E-state index in [0.717, 1.165) is 16.9 Å². The molecule has 32 heavy (non-hydrogen) atoms. The molecule has 0 saturated heterocycles. The summed E-state index contributed by atoms with van der Waals surface area (Å²) < 4.78 is 15.7. The second-order valence-corrected chi connectivity index (χ2v) is 7.70. The van der Waals surface area contributed by atoms with E-state index in [1.54, 1.807) is 22.9 Å². The molecule has 5 nitrogen and oxygen atoms in total. The van der Waals surface area contributed by atoms with Gasteiger partial charge in [0.25, 0.3) is 0 Å². The number of aryl methyl sites for hydroxylation is 1. The summed E-state index contributed by atoms with van der Waals surface area (Å²) in [5, 5.41) is 10.7. The van der Waals surface area contributed by atoms with Crippen LogP contribution >= 0.6 is 0 Å². The van der Waals surface area contributed by atoms with E-state index in [1.807, 2.05) is 74.5 Å². The highest BCUT2D eigenvalue weighted by molar-refractivity contribution is 5.92. The first-order valence-electron chi connectivity index (χ1n) is 10.5. The van der Waals surface area contributed by atoms with Crippen LogP contribution in [0, 0.1) is 12.7 Å². The zero-order valence-corrected chi connectivity index (χ0v) is 18.0. The molecule has 0 aliphatic rings. The van der Waals surface area contributed by atoms with Crippen molar-refractivity contribution in [3.8, 4) is 16.9 Å². The lowest BCUT2D eigenvalue weighted by molar-refractivity contribution is -0.115. The fourth-order valence-electron chi connectivity index (χ4n) is 3.47. The van der Waals surface area contributed by atoms with E-state index in [1.165, 1.54) is 11.6 Å². The fourth-order valence-corrected chi connectivity index (χ4v) is 3.47. The first-order valence-corrected chi connectivity index (χ1v) is 10.5. The molecule has 6 heteroatoms. The molecule has 1 amide bonds. The van der Waals surface area contributed by atoms with Gasteiger partial charge in [0.05, 0.1) is 17.9 Å². The minimum absolute atomic E-state index is 0.0370. The molecule has 0 aliphatic heterocycles. The molecule has 0 bridgehead atoms. The molecule has 1 aromatic heterocycles. The van der Waals surface area contributed by atoms with E-state index < -0.39 is 0 Å². The van der Waals surface area contributed by atoms with Crippen LogP contribution in [0.4, 0.5) is 10.2 Å². The monoisotopic (exact) mass is 428 g/mol. The largest absolute Gasteiger partial charge is 0.309 e.